The Hall–Kier alpha value is -0.340. The molecule has 0 aromatic rings. The van der Waals surface area contributed by atoms with E-state index in [0.717, 1.165) is 26.1 Å². The molecule has 2 nitrogen and oxygen atoms in total. The SMILES string of the molecule is CC(C)=CCN1CCC(N)C(C)(C)C1. The molecule has 0 aliphatic carbocycles. The Morgan fingerprint density at radius 2 is 2.14 bits per heavy atom. The van der Waals surface area contributed by atoms with Gasteiger partial charge >= 0.3 is 0 Å². The molecule has 0 aromatic carbocycles. The van der Waals surface area contributed by atoms with E-state index in [1.54, 1.807) is 0 Å². The Balaban J connectivity index is 2.48. The molecule has 1 heterocycles. The Bertz CT molecular complexity index is 214. The highest BCUT2D eigenvalue weighted by Crippen LogP contribution is 2.27. The van der Waals surface area contributed by atoms with Crippen molar-refractivity contribution in [2.45, 2.75) is 40.2 Å². The molecular weight excluding hydrogens is 172 g/mol. The van der Waals surface area contributed by atoms with E-state index in [-0.39, 0.29) is 5.41 Å². The summed E-state index contributed by atoms with van der Waals surface area (Å²) >= 11 is 0. The molecule has 1 fully saturated rings. The van der Waals surface area contributed by atoms with Crippen LogP contribution in [0.15, 0.2) is 11.6 Å². The monoisotopic (exact) mass is 196 g/mol. The van der Waals surface area contributed by atoms with Crippen molar-refractivity contribution in [1.82, 2.24) is 4.90 Å². The zero-order valence-electron chi connectivity index (χ0n) is 10.0. The summed E-state index contributed by atoms with van der Waals surface area (Å²) in [7, 11) is 0. The number of nitrogens with two attached hydrogens (primary N) is 1. The Labute approximate surface area is 88.2 Å². The average Bonchev–Trinajstić information content (AvgIpc) is 2.07. The minimum atomic E-state index is 0.272. The van der Waals surface area contributed by atoms with Gasteiger partial charge in [0.1, 0.15) is 0 Å². The molecule has 2 N–H and O–H groups in total. The van der Waals surface area contributed by atoms with E-state index in [4.69, 9.17) is 5.73 Å². The number of rotatable bonds is 2. The maximum Gasteiger partial charge on any atom is 0.0165 e. The molecule has 0 aromatic heterocycles. The molecule has 1 saturated heterocycles. The summed E-state index contributed by atoms with van der Waals surface area (Å²) in [6, 6.07) is 0.366. The van der Waals surface area contributed by atoms with Crippen LogP contribution in [0.4, 0.5) is 0 Å². The third-order valence-corrected chi connectivity index (χ3v) is 3.15. The van der Waals surface area contributed by atoms with Crippen LogP contribution in [0, 0.1) is 5.41 Å². The highest BCUT2D eigenvalue weighted by Gasteiger charge is 2.32. The van der Waals surface area contributed by atoms with Gasteiger partial charge in [0.25, 0.3) is 0 Å². The molecule has 1 aliphatic rings. The summed E-state index contributed by atoms with van der Waals surface area (Å²) in [5.74, 6) is 0. The second kappa shape index (κ2) is 4.45. The van der Waals surface area contributed by atoms with Crippen LogP contribution in [0.5, 0.6) is 0 Å². The van der Waals surface area contributed by atoms with Gasteiger partial charge in [0, 0.05) is 19.1 Å². The van der Waals surface area contributed by atoms with E-state index < -0.39 is 0 Å². The summed E-state index contributed by atoms with van der Waals surface area (Å²) in [6.45, 7) is 12.2. The Kier molecular flexibility index (Phi) is 3.73. The van der Waals surface area contributed by atoms with E-state index >= 15 is 0 Å². The lowest BCUT2D eigenvalue weighted by Crippen LogP contribution is -2.52. The van der Waals surface area contributed by atoms with Gasteiger partial charge in [-0.2, -0.15) is 0 Å². The summed E-state index contributed by atoms with van der Waals surface area (Å²) in [4.78, 5) is 2.50. The lowest BCUT2D eigenvalue weighted by atomic mass is 9.80. The van der Waals surface area contributed by atoms with E-state index in [1.807, 2.05) is 0 Å². The van der Waals surface area contributed by atoms with Crippen LogP contribution in [-0.4, -0.2) is 30.6 Å². The van der Waals surface area contributed by atoms with Crippen molar-refractivity contribution >= 4 is 0 Å². The second-order valence-corrected chi connectivity index (χ2v) is 5.40. The molecule has 2 heteroatoms. The van der Waals surface area contributed by atoms with Crippen LogP contribution in [0.2, 0.25) is 0 Å². The van der Waals surface area contributed by atoms with Gasteiger partial charge in [0.15, 0.2) is 0 Å². The molecule has 0 radical (unpaired) electrons. The smallest absolute Gasteiger partial charge is 0.0165 e. The molecular formula is C12H24N2. The quantitative estimate of drug-likeness (QED) is 0.685. The van der Waals surface area contributed by atoms with Crippen molar-refractivity contribution in [3.05, 3.63) is 11.6 Å². The van der Waals surface area contributed by atoms with E-state index in [9.17, 15) is 0 Å². The van der Waals surface area contributed by atoms with Gasteiger partial charge in [-0.3, -0.25) is 4.90 Å². The van der Waals surface area contributed by atoms with Gasteiger partial charge in [0.05, 0.1) is 0 Å². The highest BCUT2D eigenvalue weighted by molar-refractivity contribution is 4.97. The van der Waals surface area contributed by atoms with E-state index in [1.165, 1.54) is 5.57 Å². The normalized spacial score (nSPS) is 27.4. The van der Waals surface area contributed by atoms with Crippen LogP contribution in [0.3, 0.4) is 0 Å². The van der Waals surface area contributed by atoms with Gasteiger partial charge in [-0.25, -0.2) is 0 Å². The maximum atomic E-state index is 6.09. The number of hydrogen-bond donors (Lipinski definition) is 1. The van der Waals surface area contributed by atoms with Gasteiger partial charge in [-0.1, -0.05) is 25.5 Å². The maximum absolute atomic E-state index is 6.09. The van der Waals surface area contributed by atoms with Gasteiger partial charge in [0.2, 0.25) is 0 Å². The van der Waals surface area contributed by atoms with Gasteiger partial charge in [-0.15, -0.1) is 0 Å². The van der Waals surface area contributed by atoms with E-state index in [2.05, 4.69) is 38.7 Å². The molecule has 1 unspecified atom stereocenters. The Morgan fingerprint density at radius 3 is 2.64 bits per heavy atom. The number of likely N-dealkylation sites (tertiary alicyclic amines) is 1. The second-order valence-electron chi connectivity index (χ2n) is 5.40. The fraction of sp³-hybridized carbons (Fsp3) is 0.833. The van der Waals surface area contributed by atoms with Crippen molar-refractivity contribution in [2.75, 3.05) is 19.6 Å². The standard InChI is InChI=1S/C12H24N2/c1-10(2)5-7-14-8-6-11(13)12(3,4)9-14/h5,11H,6-9,13H2,1-4H3. The van der Waals surface area contributed by atoms with Crippen molar-refractivity contribution in [3.63, 3.8) is 0 Å². The number of hydrogen-bond acceptors (Lipinski definition) is 2. The van der Waals surface area contributed by atoms with Crippen LogP contribution in [0.1, 0.15) is 34.1 Å². The number of nitrogens with zero attached hydrogens (tertiary/aromatic N) is 1. The lowest BCUT2D eigenvalue weighted by Gasteiger charge is -2.42. The van der Waals surface area contributed by atoms with Crippen LogP contribution in [0.25, 0.3) is 0 Å². The molecule has 1 atom stereocenters. The van der Waals surface area contributed by atoms with E-state index in [0.29, 0.717) is 6.04 Å². The molecule has 1 aliphatic heterocycles. The lowest BCUT2D eigenvalue weighted by molar-refractivity contribution is 0.105. The first-order valence-corrected chi connectivity index (χ1v) is 5.53. The molecule has 0 amide bonds. The number of piperidine rings is 1. The molecule has 0 spiro atoms. The fourth-order valence-electron chi connectivity index (χ4n) is 1.95. The molecule has 82 valence electrons. The third-order valence-electron chi connectivity index (χ3n) is 3.15. The molecule has 0 bridgehead atoms. The fourth-order valence-corrected chi connectivity index (χ4v) is 1.95. The zero-order valence-corrected chi connectivity index (χ0v) is 10.0. The van der Waals surface area contributed by atoms with Crippen LogP contribution >= 0.6 is 0 Å². The topological polar surface area (TPSA) is 29.3 Å². The first-order chi connectivity index (χ1) is 6.42. The third kappa shape index (κ3) is 3.10. The summed E-state index contributed by atoms with van der Waals surface area (Å²) in [6.07, 6.45) is 3.43. The first-order valence-electron chi connectivity index (χ1n) is 5.53. The number of allylic oxidation sites excluding steroid dienone is 1. The summed E-state index contributed by atoms with van der Waals surface area (Å²) in [5.41, 5.74) is 7.76. The minimum Gasteiger partial charge on any atom is -0.327 e. The predicted octanol–water partition coefficient (Wildman–Crippen LogP) is 2.01. The van der Waals surface area contributed by atoms with Crippen LogP contribution < -0.4 is 5.73 Å². The van der Waals surface area contributed by atoms with Crippen LogP contribution in [-0.2, 0) is 0 Å². The largest absolute Gasteiger partial charge is 0.327 e. The molecule has 1 rings (SSSR count). The summed E-state index contributed by atoms with van der Waals surface area (Å²) < 4.78 is 0. The zero-order chi connectivity index (χ0) is 10.8. The highest BCUT2D eigenvalue weighted by atomic mass is 15.1. The average molecular weight is 196 g/mol. The minimum absolute atomic E-state index is 0.272. The van der Waals surface area contributed by atoms with Gasteiger partial charge < -0.3 is 5.73 Å². The van der Waals surface area contributed by atoms with Crippen molar-refractivity contribution in [1.29, 1.82) is 0 Å². The first kappa shape index (κ1) is 11.7. The Morgan fingerprint density at radius 1 is 1.50 bits per heavy atom. The predicted molar refractivity (Wildman–Crippen MR) is 62.2 cm³/mol. The van der Waals surface area contributed by atoms with Crippen molar-refractivity contribution in [3.8, 4) is 0 Å². The van der Waals surface area contributed by atoms with Gasteiger partial charge in [-0.05, 0) is 32.2 Å². The van der Waals surface area contributed by atoms with Crippen molar-refractivity contribution in [2.24, 2.45) is 11.1 Å². The van der Waals surface area contributed by atoms with Crippen molar-refractivity contribution < 1.29 is 0 Å². The molecule has 14 heavy (non-hydrogen) atoms. The molecule has 0 saturated carbocycles. The summed E-state index contributed by atoms with van der Waals surface area (Å²) in [5, 5.41) is 0.